The average Bonchev–Trinajstić information content (AvgIpc) is 2.25. The molecule has 1 amide bonds. The van der Waals surface area contributed by atoms with Crippen molar-refractivity contribution >= 4 is 5.91 Å². The smallest absolute Gasteiger partial charge is 0.226 e. The zero-order chi connectivity index (χ0) is 12.0. The summed E-state index contributed by atoms with van der Waals surface area (Å²) in [6.45, 7) is -0.425. The number of halogens is 2. The Morgan fingerprint density at radius 1 is 1.50 bits per heavy atom. The first kappa shape index (κ1) is 11.9. The zero-order valence-corrected chi connectivity index (χ0v) is 8.15. The second-order valence-electron chi connectivity index (χ2n) is 2.90. The van der Waals surface area contributed by atoms with Gasteiger partial charge in [0.15, 0.2) is 0 Å². The van der Waals surface area contributed by atoms with E-state index in [1.54, 1.807) is 0 Å². The van der Waals surface area contributed by atoms with E-state index in [2.05, 4.69) is 15.3 Å². The summed E-state index contributed by atoms with van der Waals surface area (Å²) in [7, 11) is 0. The summed E-state index contributed by atoms with van der Waals surface area (Å²) in [6.07, 6.45) is 0. The second kappa shape index (κ2) is 5.67. The molecule has 84 valence electrons. The number of carbonyl (C=O) groups is 1. The minimum atomic E-state index is -0.732. The van der Waals surface area contributed by atoms with Crippen LogP contribution in [0, 0.1) is 11.6 Å². The van der Waals surface area contributed by atoms with E-state index in [0.717, 1.165) is 12.1 Å². The van der Waals surface area contributed by atoms with E-state index in [1.807, 2.05) is 0 Å². The van der Waals surface area contributed by atoms with E-state index in [0.29, 0.717) is 0 Å². The molecule has 0 radical (unpaired) electrons. The van der Waals surface area contributed by atoms with Crippen molar-refractivity contribution in [3.63, 3.8) is 0 Å². The van der Waals surface area contributed by atoms with Crippen molar-refractivity contribution in [2.45, 2.75) is 6.54 Å². The van der Waals surface area contributed by atoms with Crippen molar-refractivity contribution in [3.8, 4) is 0 Å². The van der Waals surface area contributed by atoms with Gasteiger partial charge >= 0.3 is 0 Å². The lowest BCUT2D eigenvalue weighted by molar-refractivity contribution is -0.119. The molecular weight excluding hydrogens is 218 g/mol. The number of azide groups is 1. The highest BCUT2D eigenvalue weighted by molar-refractivity contribution is 5.78. The molecule has 7 heteroatoms. The number of benzene rings is 1. The Hall–Kier alpha value is -2.14. The van der Waals surface area contributed by atoms with Gasteiger partial charge in [-0.25, -0.2) is 8.78 Å². The molecule has 16 heavy (non-hydrogen) atoms. The molecule has 0 bridgehead atoms. The largest absolute Gasteiger partial charge is 0.352 e. The van der Waals surface area contributed by atoms with Crippen molar-refractivity contribution in [3.05, 3.63) is 45.8 Å². The van der Waals surface area contributed by atoms with Gasteiger partial charge in [-0.05, 0) is 11.6 Å². The SMILES string of the molecule is [N-]=[N+]=NCC(=O)NCc1ccc(F)cc1F. The lowest BCUT2D eigenvalue weighted by Gasteiger charge is -2.04. The van der Waals surface area contributed by atoms with Crippen LogP contribution in [0.25, 0.3) is 10.4 Å². The van der Waals surface area contributed by atoms with E-state index in [4.69, 9.17) is 5.53 Å². The van der Waals surface area contributed by atoms with Crippen LogP contribution in [0.15, 0.2) is 23.3 Å². The van der Waals surface area contributed by atoms with Gasteiger partial charge in [-0.15, -0.1) is 0 Å². The Balaban J connectivity index is 2.54. The second-order valence-corrected chi connectivity index (χ2v) is 2.90. The summed E-state index contributed by atoms with van der Waals surface area (Å²) in [4.78, 5) is 13.4. The molecule has 0 aliphatic carbocycles. The van der Waals surface area contributed by atoms with Gasteiger partial charge in [-0.2, -0.15) is 0 Å². The zero-order valence-electron chi connectivity index (χ0n) is 8.15. The summed E-state index contributed by atoms with van der Waals surface area (Å²) in [5.74, 6) is -1.94. The van der Waals surface area contributed by atoms with Gasteiger partial charge in [0.05, 0.1) is 0 Å². The van der Waals surface area contributed by atoms with Crippen LogP contribution < -0.4 is 5.32 Å². The fourth-order valence-electron chi connectivity index (χ4n) is 1.01. The number of carbonyl (C=O) groups excluding carboxylic acids is 1. The van der Waals surface area contributed by atoms with Crippen LogP contribution >= 0.6 is 0 Å². The molecule has 0 heterocycles. The molecule has 0 aromatic heterocycles. The summed E-state index contributed by atoms with van der Waals surface area (Å²) in [5, 5.41) is 5.36. The Morgan fingerprint density at radius 3 is 2.88 bits per heavy atom. The molecule has 1 N–H and O–H groups in total. The monoisotopic (exact) mass is 226 g/mol. The minimum absolute atomic E-state index is 0.0775. The molecule has 1 aromatic carbocycles. The molecule has 0 atom stereocenters. The standard InChI is InChI=1S/C9H8F2N4O/c10-7-2-1-6(8(11)3-7)4-13-9(16)5-14-15-12/h1-3H,4-5H2,(H,13,16). The molecule has 1 rings (SSSR count). The third kappa shape index (κ3) is 3.55. The van der Waals surface area contributed by atoms with E-state index in [1.165, 1.54) is 6.07 Å². The maximum atomic E-state index is 13.1. The number of hydrogen-bond acceptors (Lipinski definition) is 2. The predicted octanol–water partition coefficient (Wildman–Crippen LogP) is 1.89. The maximum Gasteiger partial charge on any atom is 0.226 e. The van der Waals surface area contributed by atoms with Gasteiger partial charge in [0.2, 0.25) is 5.91 Å². The van der Waals surface area contributed by atoms with E-state index in [9.17, 15) is 13.6 Å². The number of amides is 1. The molecule has 0 saturated carbocycles. The van der Waals surface area contributed by atoms with Gasteiger partial charge < -0.3 is 5.32 Å². The molecule has 0 aliphatic rings. The van der Waals surface area contributed by atoms with Crippen molar-refractivity contribution < 1.29 is 13.6 Å². The Labute approximate surface area is 89.7 Å². The quantitative estimate of drug-likeness (QED) is 0.475. The summed E-state index contributed by atoms with van der Waals surface area (Å²) in [6, 6.07) is 3.06. The number of nitrogens with zero attached hydrogens (tertiary/aromatic N) is 3. The summed E-state index contributed by atoms with van der Waals surface area (Å²) >= 11 is 0. The Bertz CT molecular complexity index is 443. The van der Waals surface area contributed by atoms with Crippen LogP contribution in [0.1, 0.15) is 5.56 Å². The van der Waals surface area contributed by atoms with Crippen molar-refractivity contribution in [1.82, 2.24) is 5.32 Å². The van der Waals surface area contributed by atoms with Gasteiger partial charge in [0.25, 0.3) is 0 Å². The molecule has 0 aliphatic heterocycles. The van der Waals surface area contributed by atoms with Gasteiger partial charge in [-0.3, -0.25) is 4.79 Å². The third-order valence-corrected chi connectivity index (χ3v) is 1.77. The number of nitrogens with one attached hydrogen (secondary N) is 1. The van der Waals surface area contributed by atoms with E-state index in [-0.39, 0.29) is 18.7 Å². The van der Waals surface area contributed by atoms with Crippen LogP contribution in [0.3, 0.4) is 0 Å². The molecule has 1 aromatic rings. The molecule has 0 fully saturated rings. The molecule has 0 saturated heterocycles. The first-order chi connectivity index (χ1) is 7.63. The highest BCUT2D eigenvalue weighted by atomic mass is 19.1. The molecule has 0 spiro atoms. The molecule has 5 nitrogen and oxygen atoms in total. The van der Waals surface area contributed by atoms with E-state index >= 15 is 0 Å². The van der Waals surface area contributed by atoms with Gasteiger partial charge in [0.1, 0.15) is 18.2 Å². The number of rotatable bonds is 4. The van der Waals surface area contributed by atoms with Crippen molar-refractivity contribution in [1.29, 1.82) is 0 Å². The first-order valence-corrected chi connectivity index (χ1v) is 4.35. The number of hydrogen-bond donors (Lipinski definition) is 1. The fraction of sp³-hybridized carbons (Fsp3) is 0.222. The average molecular weight is 226 g/mol. The van der Waals surface area contributed by atoms with Crippen LogP contribution in [0.4, 0.5) is 8.78 Å². The van der Waals surface area contributed by atoms with Gasteiger partial charge in [-0.1, -0.05) is 11.2 Å². The van der Waals surface area contributed by atoms with Crippen LogP contribution in [0.2, 0.25) is 0 Å². The first-order valence-electron chi connectivity index (χ1n) is 4.35. The van der Waals surface area contributed by atoms with Gasteiger partial charge in [0, 0.05) is 23.1 Å². The normalized spacial score (nSPS) is 9.38. The molecular formula is C9H8F2N4O. The lowest BCUT2D eigenvalue weighted by Crippen LogP contribution is -2.25. The fourth-order valence-corrected chi connectivity index (χ4v) is 1.01. The predicted molar refractivity (Wildman–Crippen MR) is 52.2 cm³/mol. The highest BCUT2D eigenvalue weighted by Gasteiger charge is 2.05. The minimum Gasteiger partial charge on any atom is -0.352 e. The topological polar surface area (TPSA) is 77.9 Å². The van der Waals surface area contributed by atoms with Crippen molar-refractivity contribution in [2.24, 2.45) is 5.11 Å². The van der Waals surface area contributed by atoms with Crippen LogP contribution in [-0.2, 0) is 11.3 Å². The maximum absolute atomic E-state index is 13.1. The summed E-state index contributed by atoms with van der Waals surface area (Å²) < 4.78 is 25.6. The van der Waals surface area contributed by atoms with Crippen molar-refractivity contribution in [2.75, 3.05) is 6.54 Å². The van der Waals surface area contributed by atoms with Crippen LogP contribution in [-0.4, -0.2) is 12.5 Å². The Kier molecular flexibility index (Phi) is 4.23. The third-order valence-electron chi connectivity index (χ3n) is 1.77. The van der Waals surface area contributed by atoms with Crippen LogP contribution in [0.5, 0.6) is 0 Å². The Morgan fingerprint density at radius 2 is 2.25 bits per heavy atom. The summed E-state index contributed by atoms with van der Waals surface area (Å²) in [5.41, 5.74) is 8.11. The van der Waals surface area contributed by atoms with E-state index < -0.39 is 17.5 Å². The molecule has 0 unspecified atom stereocenters. The highest BCUT2D eigenvalue weighted by Crippen LogP contribution is 2.08. The lowest BCUT2D eigenvalue weighted by atomic mass is 10.2.